The Morgan fingerprint density at radius 2 is 1.74 bits per heavy atom. The van der Waals surface area contributed by atoms with Gasteiger partial charge in [-0.2, -0.15) is 0 Å². The summed E-state index contributed by atoms with van der Waals surface area (Å²) in [6.07, 6.45) is 5.36. The lowest BCUT2D eigenvalue weighted by Gasteiger charge is -2.23. The zero-order valence-electron chi connectivity index (χ0n) is 11.8. The van der Waals surface area contributed by atoms with Crippen LogP contribution in [0.3, 0.4) is 0 Å². The van der Waals surface area contributed by atoms with Crippen LogP contribution in [-0.4, -0.2) is 31.1 Å². The molecule has 0 bridgehead atoms. The van der Waals surface area contributed by atoms with Crippen molar-refractivity contribution in [3.63, 3.8) is 0 Å². The minimum Gasteiger partial charge on any atom is -0.494 e. The molecule has 0 radical (unpaired) electrons. The molecule has 0 saturated carbocycles. The highest BCUT2D eigenvalue weighted by Crippen LogP contribution is 2.25. The Labute approximate surface area is 121 Å². The molecular weight excluding hydrogens is 258 g/mol. The molecule has 1 heterocycles. The van der Waals surface area contributed by atoms with Crippen LogP contribution >= 0.6 is 11.6 Å². The lowest BCUT2D eigenvalue weighted by Crippen LogP contribution is -2.28. The molecule has 1 aromatic rings. The lowest BCUT2D eigenvalue weighted by molar-refractivity contribution is 0.285. The number of halogens is 1. The highest BCUT2D eigenvalue weighted by Gasteiger charge is 2.15. The van der Waals surface area contributed by atoms with Gasteiger partial charge in [0.1, 0.15) is 5.75 Å². The molecule has 0 spiro atoms. The highest BCUT2D eigenvalue weighted by atomic mass is 35.5. The first-order valence-electron chi connectivity index (χ1n) is 7.39. The number of hydrogen-bond acceptors (Lipinski definition) is 2. The molecule has 0 amide bonds. The predicted molar refractivity (Wildman–Crippen MR) is 81.1 cm³/mol. The van der Waals surface area contributed by atoms with Gasteiger partial charge in [0.15, 0.2) is 0 Å². The Bertz CT molecular complexity index is 358. The summed E-state index contributed by atoms with van der Waals surface area (Å²) in [7, 11) is 0. The third-order valence-corrected chi connectivity index (χ3v) is 4.06. The van der Waals surface area contributed by atoms with Crippen molar-refractivity contribution >= 4 is 11.6 Å². The molecule has 1 unspecified atom stereocenters. The summed E-state index contributed by atoms with van der Waals surface area (Å²) in [5.74, 6) is 0.921. The van der Waals surface area contributed by atoms with Gasteiger partial charge in [-0.1, -0.05) is 25.0 Å². The van der Waals surface area contributed by atoms with Crippen LogP contribution in [0.1, 0.15) is 43.5 Å². The lowest BCUT2D eigenvalue weighted by atomic mass is 10.1. The molecule has 106 valence electrons. The van der Waals surface area contributed by atoms with Gasteiger partial charge in [0.25, 0.3) is 0 Å². The molecule has 0 aromatic heterocycles. The van der Waals surface area contributed by atoms with Crippen LogP contribution in [0.25, 0.3) is 0 Å². The van der Waals surface area contributed by atoms with E-state index in [0.717, 1.165) is 12.3 Å². The molecule has 1 aliphatic rings. The first-order valence-corrected chi connectivity index (χ1v) is 7.82. The largest absolute Gasteiger partial charge is 0.494 e. The van der Waals surface area contributed by atoms with Gasteiger partial charge in [-0.15, -0.1) is 11.6 Å². The predicted octanol–water partition coefficient (Wildman–Crippen LogP) is 4.24. The van der Waals surface area contributed by atoms with Gasteiger partial charge in [-0.05, 0) is 50.6 Å². The van der Waals surface area contributed by atoms with Crippen LogP contribution < -0.4 is 4.74 Å². The Morgan fingerprint density at radius 1 is 1.11 bits per heavy atom. The van der Waals surface area contributed by atoms with Crippen LogP contribution in [0.4, 0.5) is 0 Å². The summed E-state index contributed by atoms with van der Waals surface area (Å²) in [6.45, 7) is 6.05. The fourth-order valence-electron chi connectivity index (χ4n) is 2.59. The minimum absolute atomic E-state index is 0.0776. The maximum Gasteiger partial charge on any atom is 0.119 e. The van der Waals surface area contributed by atoms with Crippen molar-refractivity contribution in [1.82, 2.24) is 4.90 Å². The van der Waals surface area contributed by atoms with Gasteiger partial charge in [0.05, 0.1) is 12.0 Å². The van der Waals surface area contributed by atoms with E-state index < -0.39 is 0 Å². The number of nitrogens with zero attached hydrogens (tertiary/aromatic N) is 1. The molecule has 1 aromatic carbocycles. The van der Waals surface area contributed by atoms with Gasteiger partial charge < -0.3 is 9.64 Å². The van der Waals surface area contributed by atoms with Crippen LogP contribution in [-0.2, 0) is 0 Å². The van der Waals surface area contributed by atoms with Gasteiger partial charge >= 0.3 is 0 Å². The number of likely N-dealkylation sites (tertiary alicyclic amines) is 1. The summed E-state index contributed by atoms with van der Waals surface area (Å²) >= 11 is 6.54. The molecule has 1 atom stereocenters. The zero-order chi connectivity index (χ0) is 13.5. The van der Waals surface area contributed by atoms with Gasteiger partial charge in [-0.3, -0.25) is 0 Å². The molecule has 1 aliphatic heterocycles. The topological polar surface area (TPSA) is 12.5 Å². The number of hydrogen-bond donors (Lipinski definition) is 0. The quantitative estimate of drug-likeness (QED) is 0.749. The zero-order valence-corrected chi connectivity index (χ0v) is 12.5. The van der Waals surface area contributed by atoms with Gasteiger partial charge in [0, 0.05) is 6.54 Å². The van der Waals surface area contributed by atoms with E-state index in [4.69, 9.17) is 16.3 Å². The second-order valence-electron chi connectivity index (χ2n) is 5.18. The Hall–Kier alpha value is -0.730. The fourth-order valence-corrected chi connectivity index (χ4v) is 2.93. The summed E-state index contributed by atoms with van der Waals surface area (Å²) in [5, 5.41) is 0.0776. The minimum atomic E-state index is 0.0776. The average Bonchev–Trinajstić information content (AvgIpc) is 2.68. The van der Waals surface area contributed by atoms with Gasteiger partial charge in [-0.25, -0.2) is 0 Å². The van der Waals surface area contributed by atoms with E-state index in [-0.39, 0.29) is 5.38 Å². The van der Waals surface area contributed by atoms with Gasteiger partial charge in [0.2, 0.25) is 0 Å². The monoisotopic (exact) mass is 281 g/mol. The Morgan fingerprint density at radius 3 is 2.32 bits per heavy atom. The van der Waals surface area contributed by atoms with Crippen molar-refractivity contribution < 1.29 is 4.74 Å². The van der Waals surface area contributed by atoms with Crippen LogP contribution in [0, 0.1) is 0 Å². The summed E-state index contributed by atoms with van der Waals surface area (Å²) in [4.78, 5) is 2.50. The number of benzene rings is 1. The Balaban J connectivity index is 1.89. The highest BCUT2D eigenvalue weighted by molar-refractivity contribution is 6.21. The molecule has 0 aliphatic carbocycles. The standard InChI is InChI=1S/C16H24ClNO/c1-2-19-15-9-7-14(8-10-15)16(17)13-18-11-5-3-4-6-12-18/h7-10,16H,2-6,11-13H2,1H3. The maximum atomic E-state index is 6.54. The van der Waals surface area contributed by atoms with Crippen LogP contribution in [0.2, 0.25) is 0 Å². The van der Waals surface area contributed by atoms with Crippen molar-refractivity contribution in [2.24, 2.45) is 0 Å². The molecule has 0 N–H and O–H groups in total. The summed E-state index contributed by atoms with van der Waals surface area (Å²) < 4.78 is 5.45. The van der Waals surface area contributed by atoms with Crippen LogP contribution in [0.5, 0.6) is 5.75 Å². The molecule has 3 heteroatoms. The molecule has 1 saturated heterocycles. The molecule has 19 heavy (non-hydrogen) atoms. The second-order valence-corrected chi connectivity index (χ2v) is 5.71. The average molecular weight is 282 g/mol. The fraction of sp³-hybridized carbons (Fsp3) is 0.625. The van der Waals surface area contributed by atoms with Crippen molar-refractivity contribution in [3.05, 3.63) is 29.8 Å². The summed E-state index contributed by atoms with van der Waals surface area (Å²) in [6, 6.07) is 8.19. The number of ether oxygens (including phenoxy) is 1. The van der Waals surface area contributed by atoms with E-state index in [9.17, 15) is 0 Å². The van der Waals surface area contributed by atoms with E-state index in [0.29, 0.717) is 6.61 Å². The second kappa shape index (κ2) is 7.76. The van der Waals surface area contributed by atoms with E-state index in [2.05, 4.69) is 17.0 Å². The molecular formula is C16H24ClNO. The number of alkyl halides is 1. The number of rotatable bonds is 5. The molecule has 2 nitrogen and oxygen atoms in total. The van der Waals surface area contributed by atoms with E-state index >= 15 is 0 Å². The normalized spacial score (nSPS) is 18.8. The van der Waals surface area contributed by atoms with Crippen molar-refractivity contribution in [2.45, 2.75) is 38.0 Å². The summed E-state index contributed by atoms with van der Waals surface area (Å²) in [5.41, 5.74) is 1.19. The van der Waals surface area contributed by atoms with Crippen molar-refractivity contribution in [1.29, 1.82) is 0 Å². The molecule has 1 fully saturated rings. The SMILES string of the molecule is CCOc1ccc(C(Cl)CN2CCCCCC2)cc1. The smallest absolute Gasteiger partial charge is 0.119 e. The third-order valence-electron chi connectivity index (χ3n) is 3.67. The van der Waals surface area contributed by atoms with Crippen molar-refractivity contribution in [3.8, 4) is 5.75 Å². The Kier molecular flexibility index (Phi) is 5.99. The third kappa shape index (κ3) is 4.70. The first kappa shape index (κ1) is 14.7. The molecule has 2 rings (SSSR count). The van der Waals surface area contributed by atoms with E-state index in [1.54, 1.807) is 0 Å². The van der Waals surface area contributed by atoms with E-state index in [1.165, 1.54) is 44.3 Å². The first-order chi connectivity index (χ1) is 9.29. The maximum absolute atomic E-state index is 6.54. The van der Waals surface area contributed by atoms with Crippen LogP contribution in [0.15, 0.2) is 24.3 Å². The van der Waals surface area contributed by atoms with E-state index in [1.807, 2.05) is 19.1 Å². The van der Waals surface area contributed by atoms with Crippen molar-refractivity contribution in [2.75, 3.05) is 26.2 Å².